The molecule has 1 aromatic heterocycles. The van der Waals surface area contributed by atoms with E-state index < -0.39 is 11.2 Å². The molecule has 2 aliphatic rings. The molecule has 0 saturated carbocycles. The topological polar surface area (TPSA) is 45.4 Å². The van der Waals surface area contributed by atoms with Crippen molar-refractivity contribution in [1.29, 1.82) is 0 Å². The first-order valence-electron chi connectivity index (χ1n) is 17.0. The van der Waals surface area contributed by atoms with Gasteiger partial charge in [-0.2, -0.15) is 0 Å². The van der Waals surface area contributed by atoms with Crippen LogP contribution < -0.4 is 0 Å². The van der Waals surface area contributed by atoms with Crippen molar-refractivity contribution in [3.63, 3.8) is 0 Å². The van der Waals surface area contributed by atoms with Gasteiger partial charge in [-0.3, -0.25) is 0 Å². The summed E-state index contributed by atoms with van der Waals surface area (Å²) in [6.07, 6.45) is 0.878. The van der Waals surface area contributed by atoms with Gasteiger partial charge in [0.2, 0.25) is 0 Å². The number of nitrogens with zero attached hydrogens (tertiary/aromatic N) is 1. The fourth-order valence-electron chi connectivity index (χ4n) is 8.86. The van der Waals surface area contributed by atoms with E-state index in [-0.39, 0.29) is 0 Å². The molecular weight excluding hydrogens is 599 g/mol. The molecule has 10 rings (SSSR count). The summed E-state index contributed by atoms with van der Waals surface area (Å²) in [6, 6.07) is 56.6. The highest BCUT2D eigenvalue weighted by molar-refractivity contribution is 6.11. The van der Waals surface area contributed by atoms with Gasteiger partial charge in [0.25, 0.3) is 0 Å². The van der Waals surface area contributed by atoms with E-state index in [0.717, 1.165) is 83.1 Å². The molecule has 8 aromatic rings. The molecule has 0 fully saturated rings. The maximum Gasteiger partial charge on any atom is 0.120 e. The fraction of sp³-hybridized carbons (Fsp3) is 0.0870. The van der Waals surface area contributed by atoms with Crippen molar-refractivity contribution >= 4 is 21.8 Å². The molecule has 0 saturated heterocycles. The number of rotatable bonds is 5. The van der Waals surface area contributed by atoms with Crippen LogP contribution in [0.25, 0.3) is 49.7 Å². The second kappa shape index (κ2) is 10.4. The zero-order chi connectivity index (χ0) is 32.7. The van der Waals surface area contributed by atoms with Gasteiger partial charge in [0.15, 0.2) is 0 Å². The van der Waals surface area contributed by atoms with Crippen LogP contribution in [-0.2, 0) is 24.0 Å². The van der Waals surface area contributed by atoms with Gasteiger partial charge in [-0.1, -0.05) is 133 Å². The van der Waals surface area contributed by atoms with Crippen molar-refractivity contribution in [2.45, 2.75) is 24.0 Å². The minimum atomic E-state index is -1.17. The van der Waals surface area contributed by atoms with Crippen molar-refractivity contribution in [1.82, 2.24) is 4.57 Å². The molecule has 0 atom stereocenters. The predicted molar refractivity (Wildman–Crippen MR) is 198 cm³/mol. The average molecular weight is 632 g/mol. The second-order valence-corrected chi connectivity index (χ2v) is 13.6. The maximum atomic E-state index is 12.7. The van der Waals surface area contributed by atoms with Crippen LogP contribution in [0, 0.1) is 0 Å². The highest BCUT2D eigenvalue weighted by Gasteiger charge is 2.43. The molecule has 1 heterocycles. The Hall–Kier alpha value is -5.74. The molecular formula is C46H33NO2. The minimum absolute atomic E-state index is 0.432. The Bertz CT molecular complexity index is 2500. The first-order chi connectivity index (χ1) is 24.0. The lowest BCUT2D eigenvalue weighted by atomic mass is 9.83. The van der Waals surface area contributed by atoms with Crippen molar-refractivity contribution in [2.24, 2.45) is 0 Å². The van der Waals surface area contributed by atoms with Crippen molar-refractivity contribution < 1.29 is 10.2 Å². The van der Waals surface area contributed by atoms with Crippen LogP contribution in [0.1, 0.15) is 33.4 Å². The largest absolute Gasteiger partial charge is 0.380 e. The Kier molecular flexibility index (Phi) is 5.99. The highest BCUT2D eigenvalue weighted by Crippen LogP contribution is 2.51. The molecule has 234 valence electrons. The van der Waals surface area contributed by atoms with Crippen molar-refractivity contribution in [3.8, 4) is 27.9 Å². The predicted octanol–water partition coefficient (Wildman–Crippen LogP) is 9.70. The molecule has 2 aliphatic carbocycles. The third kappa shape index (κ3) is 3.98. The van der Waals surface area contributed by atoms with Gasteiger partial charge in [-0.05, 0) is 86.0 Å². The van der Waals surface area contributed by atoms with Crippen LogP contribution in [0.15, 0.2) is 164 Å². The SMILES string of the molecule is OC1(Cc2ccc3c(c2)c2c(CC4(O)c5ccccc5-c5ccccc54)cccc2n3-c2ccccc2)c2ccccc2-c2ccccc21. The van der Waals surface area contributed by atoms with Gasteiger partial charge in [-0.15, -0.1) is 0 Å². The average Bonchev–Trinajstić information content (AvgIpc) is 3.71. The summed E-state index contributed by atoms with van der Waals surface area (Å²) < 4.78 is 2.33. The van der Waals surface area contributed by atoms with Gasteiger partial charge in [0.05, 0.1) is 11.0 Å². The van der Waals surface area contributed by atoms with E-state index in [1.165, 1.54) is 0 Å². The molecule has 49 heavy (non-hydrogen) atoms. The highest BCUT2D eigenvalue weighted by atomic mass is 16.3. The van der Waals surface area contributed by atoms with Gasteiger partial charge >= 0.3 is 0 Å². The monoisotopic (exact) mass is 631 g/mol. The van der Waals surface area contributed by atoms with E-state index in [1.807, 2.05) is 54.6 Å². The Balaban J connectivity index is 1.18. The van der Waals surface area contributed by atoms with Crippen LogP contribution >= 0.6 is 0 Å². The van der Waals surface area contributed by atoms with Gasteiger partial charge < -0.3 is 14.8 Å². The minimum Gasteiger partial charge on any atom is -0.380 e. The molecule has 0 unspecified atom stereocenters. The second-order valence-electron chi connectivity index (χ2n) is 13.6. The van der Waals surface area contributed by atoms with Crippen LogP contribution in [0.3, 0.4) is 0 Å². The third-order valence-electron chi connectivity index (χ3n) is 10.9. The third-order valence-corrected chi connectivity index (χ3v) is 10.9. The summed E-state index contributed by atoms with van der Waals surface area (Å²) in [5, 5.41) is 27.5. The van der Waals surface area contributed by atoms with Gasteiger partial charge in [-0.25, -0.2) is 0 Å². The zero-order valence-electron chi connectivity index (χ0n) is 26.8. The summed E-state index contributed by atoms with van der Waals surface area (Å²) in [4.78, 5) is 0. The van der Waals surface area contributed by atoms with E-state index in [0.29, 0.717) is 12.8 Å². The van der Waals surface area contributed by atoms with Gasteiger partial charge in [0.1, 0.15) is 11.2 Å². The summed E-state index contributed by atoms with van der Waals surface area (Å²) in [5.74, 6) is 0. The number of aromatic nitrogens is 1. The summed E-state index contributed by atoms with van der Waals surface area (Å²) in [7, 11) is 0. The lowest BCUT2D eigenvalue weighted by Gasteiger charge is -2.27. The Morgan fingerprint density at radius 1 is 0.429 bits per heavy atom. The molecule has 0 bridgehead atoms. The lowest BCUT2D eigenvalue weighted by molar-refractivity contribution is 0.0859. The molecule has 0 amide bonds. The Morgan fingerprint density at radius 2 is 0.918 bits per heavy atom. The van der Waals surface area contributed by atoms with E-state index in [4.69, 9.17) is 0 Å². The molecule has 3 nitrogen and oxygen atoms in total. The normalized spacial score (nSPS) is 14.8. The van der Waals surface area contributed by atoms with E-state index in [2.05, 4.69) is 114 Å². The first-order valence-corrected chi connectivity index (χ1v) is 17.0. The van der Waals surface area contributed by atoms with E-state index >= 15 is 0 Å². The number of fused-ring (bicyclic) bond motifs is 9. The number of para-hydroxylation sites is 1. The summed E-state index contributed by atoms with van der Waals surface area (Å²) in [5.41, 5.74) is 11.2. The molecule has 3 heteroatoms. The number of hydrogen-bond donors (Lipinski definition) is 2. The quantitative estimate of drug-likeness (QED) is 0.199. The first kappa shape index (κ1) is 28.3. The summed E-state index contributed by atoms with van der Waals surface area (Å²) in [6.45, 7) is 0. The molecule has 0 spiro atoms. The maximum absolute atomic E-state index is 12.7. The molecule has 7 aromatic carbocycles. The van der Waals surface area contributed by atoms with Crippen LogP contribution in [0.5, 0.6) is 0 Å². The smallest absolute Gasteiger partial charge is 0.120 e. The Labute approximate surface area is 285 Å². The molecule has 0 aliphatic heterocycles. The van der Waals surface area contributed by atoms with Gasteiger partial charge in [0, 0.05) is 29.3 Å². The lowest BCUT2D eigenvalue weighted by Crippen LogP contribution is -2.27. The van der Waals surface area contributed by atoms with Crippen LogP contribution in [0.2, 0.25) is 0 Å². The van der Waals surface area contributed by atoms with Crippen molar-refractivity contribution in [3.05, 3.63) is 197 Å². The van der Waals surface area contributed by atoms with Crippen LogP contribution in [-0.4, -0.2) is 14.8 Å². The summed E-state index contributed by atoms with van der Waals surface area (Å²) >= 11 is 0. The van der Waals surface area contributed by atoms with Crippen LogP contribution in [0.4, 0.5) is 0 Å². The van der Waals surface area contributed by atoms with E-state index in [9.17, 15) is 10.2 Å². The zero-order valence-corrected chi connectivity index (χ0v) is 26.8. The Morgan fingerprint density at radius 3 is 1.47 bits per heavy atom. The standard InChI is InChI=1S/C46H33NO2/c48-45(38-20-8-4-16-33(38)34-17-5-9-21-39(34)45)28-30-25-26-42-37(27-30)44-31(13-12-24-43(44)47(42)32-14-2-1-3-15-32)29-46(49)40-22-10-6-18-35(40)36-19-7-11-23-41(36)46/h1-27,48-49H,28-29H2. The van der Waals surface area contributed by atoms with E-state index in [1.54, 1.807) is 0 Å². The number of aliphatic hydroxyl groups is 2. The molecule has 2 N–H and O–H groups in total. The fourth-order valence-corrected chi connectivity index (χ4v) is 8.86. The number of hydrogen-bond acceptors (Lipinski definition) is 2. The molecule has 0 radical (unpaired) electrons. The number of benzene rings is 7. The van der Waals surface area contributed by atoms with Crippen molar-refractivity contribution in [2.75, 3.05) is 0 Å².